The quantitative estimate of drug-likeness (QED) is 0.845. The molecule has 0 aliphatic carbocycles. The highest BCUT2D eigenvalue weighted by molar-refractivity contribution is 5.91. The van der Waals surface area contributed by atoms with Crippen molar-refractivity contribution in [2.75, 3.05) is 13.2 Å². The number of carbonyl (C=O) groups is 1. The van der Waals surface area contributed by atoms with E-state index in [1.807, 2.05) is 19.1 Å². The summed E-state index contributed by atoms with van der Waals surface area (Å²) in [4.78, 5) is 15.5. The molecule has 0 fully saturated rings. The van der Waals surface area contributed by atoms with Crippen LogP contribution in [-0.4, -0.2) is 29.2 Å². The molecule has 20 heavy (non-hydrogen) atoms. The van der Waals surface area contributed by atoms with Crippen LogP contribution in [0.2, 0.25) is 0 Å². The van der Waals surface area contributed by atoms with Crippen molar-refractivity contribution in [1.82, 2.24) is 15.5 Å². The summed E-state index contributed by atoms with van der Waals surface area (Å²) in [5, 5.41) is 6.02. The van der Waals surface area contributed by atoms with Crippen LogP contribution >= 0.6 is 0 Å². The smallest absolute Gasteiger partial charge is 0.290 e. The van der Waals surface area contributed by atoms with Crippen molar-refractivity contribution in [2.24, 2.45) is 0 Å². The summed E-state index contributed by atoms with van der Waals surface area (Å²) in [7, 11) is 0. The summed E-state index contributed by atoms with van der Waals surface area (Å²) < 4.78 is 10.1. The molecule has 0 aliphatic heterocycles. The van der Waals surface area contributed by atoms with Crippen LogP contribution < -0.4 is 10.1 Å². The Morgan fingerprint density at radius 2 is 2.30 bits per heavy atom. The minimum atomic E-state index is -0.347. The van der Waals surface area contributed by atoms with Crippen LogP contribution in [0.1, 0.15) is 16.2 Å². The summed E-state index contributed by atoms with van der Waals surface area (Å²) in [6.45, 7) is 2.36. The first-order valence-corrected chi connectivity index (χ1v) is 5.96. The predicted molar refractivity (Wildman–Crippen MR) is 71.1 cm³/mol. The SMILES string of the molecule is Cc1ccc(OCC#CCNC(=O)c2ccno2)cn1. The Hall–Kier alpha value is -2.81. The van der Waals surface area contributed by atoms with Gasteiger partial charge in [0.05, 0.1) is 18.9 Å². The van der Waals surface area contributed by atoms with Crippen LogP contribution in [0.25, 0.3) is 0 Å². The molecule has 0 unspecified atom stereocenters. The third kappa shape index (κ3) is 4.14. The number of aryl methyl sites for hydroxylation is 1. The van der Waals surface area contributed by atoms with E-state index in [4.69, 9.17) is 9.26 Å². The molecule has 2 rings (SSSR count). The maximum absolute atomic E-state index is 11.4. The third-order valence-corrected chi connectivity index (χ3v) is 2.32. The van der Waals surface area contributed by atoms with E-state index in [0.29, 0.717) is 5.75 Å². The van der Waals surface area contributed by atoms with E-state index in [1.54, 1.807) is 6.20 Å². The molecule has 0 bridgehead atoms. The van der Waals surface area contributed by atoms with Gasteiger partial charge in [-0.1, -0.05) is 17.0 Å². The van der Waals surface area contributed by atoms with Gasteiger partial charge in [-0.05, 0) is 19.1 Å². The molecule has 0 saturated heterocycles. The number of aromatic nitrogens is 2. The van der Waals surface area contributed by atoms with Gasteiger partial charge in [-0.2, -0.15) is 0 Å². The van der Waals surface area contributed by atoms with Gasteiger partial charge in [0.25, 0.3) is 5.91 Å². The predicted octanol–water partition coefficient (Wildman–Crippen LogP) is 1.19. The van der Waals surface area contributed by atoms with Crippen LogP contribution in [-0.2, 0) is 0 Å². The topological polar surface area (TPSA) is 77.2 Å². The van der Waals surface area contributed by atoms with Crippen molar-refractivity contribution in [3.8, 4) is 17.6 Å². The molecular weight excluding hydrogens is 258 g/mol. The van der Waals surface area contributed by atoms with Crippen LogP contribution in [0, 0.1) is 18.8 Å². The zero-order chi connectivity index (χ0) is 14.2. The lowest BCUT2D eigenvalue weighted by Gasteiger charge is -2.00. The first kappa shape index (κ1) is 13.6. The highest BCUT2D eigenvalue weighted by Crippen LogP contribution is 2.07. The standard InChI is InChI=1S/C14H13N3O3/c1-11-4-5-12(10-16-11)19-9-3-2-7-15-14(18)13-6-8-17-20-13/h4-6,8,10H,7,9H2,1H3,(H,15,18). The van der Waals surface area contributed by atoms with Crippen molar-refractivity contribution in [3.63, 3.8) is 0 Å². The summed E-state index contributed by atoms with van der Waals surface area (Å²) in [5.41, 5.74) is 0.929. The Morgan fingerprint density at radius 1 is 1.40 bits per heavy atom. The van der Waals surface area contributed by atoms with Gasteiger partial charge in [0.15, 0.2) is 0 Å². The van der Waals surface area contributed by atoms with Gasteiger partial charge >= 0.3 is 0 Å². The van der Waals surface area contributed by atoms with E-state index in [2.05, 4.69) is 27.3 Å². The minimum absolute atomic E-state index is 0.161. The van der Waals surface area contributed by atoms with E-state index < -0.39 is 0 Å². The van der Waals surface area contributed by atoms with E-state index in [9.17, 15) is 4.79 Å². The lowest BCUT2D eigenvalue weighted by molar-refractivity contribution is 0.0922. The number of amides is 1. The largest absolute Gasteiger partial charge is 0.479 e. The lowest BCUT2D eigenvalue weighted by Crippen LogP contribution is -2.23. The number of carbonyl (C=O) groups excluding carboxylic acids is 1. The number of hydrogen-bond donors (Lipinski definition) is 1. The number of nitrogens with zero attached hydrogens (tertiary/aromatic N) is 2. The molecule has 2 aromatic heterocycles. The molecule has 0 aliphatic rings. The Labute approximate surface area is 116 Å². The fraction of sp³-hybridized carbons (Fsp3) is 0.214. The number of rotatable bonds is 4. The molecule has 0 atom stereocenters. The molecule has 2 heterocycles. The van der Waals surface area contributed by atoms with Gasteiger partial charge in [0.2, 0.25) is 5.76 Å². The first-order valence-electron chi connectivity index (χ1n) is 5.96. The molecular formula is C14H13N3O3. The zero-order valence-electron chi connectivity index (χ0n) is 10.9. The van der Waals surface area contributed by atoms with Crippen molar-refractivity contribution >= 4 is 5.91 Å². The summed E-state index contributed by atoms with van der Waals surface area (Å²) in [6.07, 6.45) is 3.05. The first-order chi connectivity index (χ1) is 9.75. The normalized spacial score (nSPS) is 9.45. The van der Waals surface area contributed by atoms with E-state index in [1.165, 1.54) is 12.3 Å². The molecule has 102 valence electrons. The van der Waals surface area contributed by atoms with Gasteiger partial charge in [-0.25, -0.2) is 0 Å². The molecule has 6 heteroatoms. The maximum atomic E-state index is 11.4. The number of pyridine rings is 1. The number of ether oxygens (including phenoxy) is 1. The third-order valence-electron chi connectivity index (χ3n) is 2.32. The Morgan fingerprint density at radius 3 is 3.00 bits per heavy atom. The molecule has 0 spiro atoms. The van der Waals surface area contributed by atoms with Crippen LogP contribution in [0.4, 0.5) is 0 Å². The Balaban J connectivity index is 1.68. The molecule has 2 aromatic rings. The monoisotopic (exact) mass is 271 g/mol. The molecule has 0 saturated carbocycles. The average molecular weight is 271 g/mol. The Kier molecular flexibility index (Phi) is 4.73. The second-order valence-electron chi connectivity index (χ2n) is 3.84. The fourth-order valence-corrected chi connectivity index (χ4v) is 1.32. The van der Waals surface area contributed by atoms with Crippen molar-refractivity contribution in [2.45, 2.75) is 6.92 Å². The summed E-state index contributed by atoms with van der Waals surface area (Å²) >= 11 is 0. The van der Waals surface area contributed by atoms with Crippen molar-refractivity contribution in [1.29, 1.82) is 0 Å². The van der Waals surface area contributed by atoms with Crippen LogP contribution in [0.3, 0.4) is 0 Å². The molecule has 0 aromatic carbocycles. The van der Waals surface area contributed by atoms with Crippen molar-refractivity contribution in [3.05, 3.63) is 42.0 Å². The van der Waals surface area contributed by atoms with Crippen LogP contribution in [0.15, 0.2) is 35.1 Å². The van der Waals surface area contributed by atoms with Gasteiger partial charge < -0.3 is 14.6 Å². The second-order valence-corrected chi connectivity index (χ2v) is 3.84. The fourth-order valence-electron chi connectivity index (χ4n) is 1.32. The Bertz CT molecular complexity index is 609. The molecule has 0 radical (unpaired) electrons. The average Bonchev–Trinajstić information content (AvgIpc) is 2.98. The van der Waals surface area contributed by atoms with Crippen LogP contribution in [0.5, 0.6) is 5.75 Å². The van der Waals surface area contributed by atoms with Gasteiger partial charge in [-0.3, -0.25) is 9.78 Å². The van der Waals surface area contributed by atoms with E-state index >= 15 is 0 Å². The minimum Gasteiger partial charge on any atom is -0.479 e. The number of nitrogens with one attached hydrogen (secondary N) is 1. The summed E-state index contributed by atoms with van der Waals surface area (Å²) in [5.74, 6) is 6.04. The van der Waals surface area contributed by atoms with Gasteiger partial charge in [0.1, 0.15) is 12.4 Å². The van der Waals surface area contributed by atoms with E-state index in [0.717, 1.165) is 5.69 Å². The molecule has 6 nitrogen and oxygen atoms in total. The van der Waals surface area contributed by atoms with E-state index in [-0.39, 0.29) is 24.8 Å². The molecule has 1 N–H and O–H groups in total. The maximum Gasteiger partial charge on any atom is 0.290 e. The second kappa shape index (κ2) is 6.95. The van der Waals surface area contributed by atoms with Gasteiger partial charge in [0, 0.05) is 11.8 Å². The lowest BCUT2D eigenvalue weighted by atomic mass is 10.4. The van der Waals surface area contributed by atoms with Gasteiger partial charge in [-0.15, -0.1) is 0 Å². The highest BCUT2D eigenvalue weighted by atomic mass is 16.5. The number of hydrogen-bond acceptors (Lipinski definition) is 5. The molecule has 1 amide bonds. The zero-order valence-corrected chi connectivity index (χ0v) is 10.9. The highest BCUT2D eigenvalue weighted by Gasteiger charge is 2.06. The summed E-state index contributed by atoms with van der Waals surface area (Å²) in [6, 6.07) is 5.17. The van der Waals surface area contributed by atoms with Crippen molar-refractivity contribution < 1.29 is 14.1 Å².